The van der Waals surface area contributed by atoms with Crippen LogP contribution in [0, 0.1) is 15.4 Å². The van der Waals surface area contributed by atoms with Crippen LogP contribution < -0.4 is 4.74 Å². The summed E-state index contributed by atoms with van der Waals surface area (Å²) in [4.78, 5) is 0. The van der Waals surface area contributed by atoms with Crippen LogP contribution in [0.5, 0.6) is 5.75 Å². The van der Waals surface area contributed by atoms with Crippen LogP contribution in [0.25, 0.3) is 0 Å². The molecule has 0 N–H and O–H groups in total. The first-order chi connectivity index (χ1) is 6.75. The largest absolute Gasteiger partial charge is 0.493 e. The maximum atomic E-state index is 5.73. The molecular weight excluding hydrogens is 287 g/mol. The average molecular weight is 302 g/mol. The molecule has 2 rings (SSSR count). The molecule has 2 atom stereocenters. The minimum Gasteiger partial charge on any atom is -0.493 e. The van der Waals surface area contributed by atoms with Crippen LogP contribution in [-0.2, 0) is 0 Å². The molecule has 76 valence electrons. The van der Waals surface area contributed by atoms with Crippen molar-refractivity contribution in [2.45, 2.75) is 19.8 Å². The molecule has 0 spiro atoms. The highest BCUT2D eigenvalue weighted by atomic mass is 127. The molecule has 0 radical (unpaired) electrons. The van der Waals surface area contributed by atoms with Crippen molar-refractivity contribution in [1.29, 1.82) is 0 Å². The van der Waals surface area contributed by atoms with E-state index < -0.39 is 0 Å². The van der Waals surface area contributed by atoms with Gasteiger partial charge < -0.3 is 4.74 Å². The first-order valence-electron chi connectivity index (χ1n) is 5.14. The van der Waals surface area contributed by atoms with E-state index in [2.05, 4.69) is 41.6 Å². The van der Waals surface area contributed by atoms with Gasteiger partial charge in [0.25, 0.3) is 0 Å². The molecule has 14 heavy (non-hydrogen) atoms. The van der Waals surface area contributed by atoms with E-state index in [9.17, 15) is 0 Å². The van der Waals surface area contributed by atoms with Crippen molar-refractivity contribution in [1.82, 2.24) is 0 Å². The molecule has 1 aromatic carbocycles. The van der Waals surface area contributed by atoms with Gasteiger partial charge in [-0.3, -0.25) is 0 Å². The smallest absolute Gasteiger partial charge is 0.119 e. The quantitative estimate of drug-likeness (QED) is 0.773. The van der Waals surface area contributed by atoms with E-state index in [1.807, 2.05) is 12.1 Å². The number of hydrogen-bond donors (Lipinski definition) is 0. The standard InChI is InChI=1S/C12H15IO/c1-9-2-3-10(9)8-14-12-6-4-11(13)5-7-12/h4-7,9-10H,2-3,8H2,1H3/t9-,10+/m1/s1. The molecule has 2 heteroatoms. The highest BCUT2D eigenvalue weighted by molar-refractivity contribution is 14.1. The van der Waals surface area contributed by atoms with Crippen LogP contribution in [-0.4, -0.2) is 6.61 Å². The van der Waals surface area contributed by atoms with Gasteiger partial charge in [0.2, 0.25) is 0 Å². The lowest BCUT2D eigenvalue weighted by molar-refractivity contribution is 0.116. The average Bonchev–Trinajstić information content (AvgIpc) is 2.19. The van der Waals surface area contributed by atoms with Crippen molar-refractivity contribution in [3.05, 3.63) is 27.8 Å². The molecule has 1 saturated carbocycles. The number of benzene rings is 1. The van der Waals surface area contributed by atoms with E-state index in [1.165, 1.54) is 16.4 Å². The topological polar surface area (TPSA) is 9.23 Å². The molecule has 0 bridgehead atoms. The highest BCUT2D eigenvalue weighted by Gasteiger charge is 2.26. The van der Waals surface area contributed by atoms with Gasteiger partial charge in [-0.2, -0.15) is 0 Å². The zero-order valence-corrected chi connectivity index (χ0v) is 10.5. The summed E-state index contributed by atoms with van der Waals surface area (Å²) in [5, 5.41) is 0. The Bertz CT molecular complexity index is 294. The number of ether oxygens (including phenoxy) is 1. The second-order valence-electron chi connectivity index (χ2n) is 4.08. The summed E-state index contributed by atoms with van der Waals surface area (Å²) in [7, 11) is 0. The van der Waals surface area contributed by atoms with Gasteiger partial charge in [0, 0.05) is 3.57 Å². The predicted molar refractivity (Wildman–Crippen MR) is 66.5 cm³/mol. The predicted octanol–water partition coefficient (Wildman–Crippen LogP) is 3.72. The maximum Gasteiger partial charge on any atom is 0.119 e. The first-order valence-corrected chi connectivity index (χ1v) is 6.22. The van der Waals surface area contributed by atoms with Crippen molar-refractivity contribution >= 4 is 22.6 Å². The van der Waals surface area contributed by atoms with Gasteiger partial charge >= 0.3 is 0 Å². The molecule has 0 heterocycles. The summed E-state index contributed by atoms with van der Waals surface area (Å²) in [6.07, 6.45) is 2.71. The third kappa shape index (κ3) is 2.41. The molecule has 1 fully saturated rings. The lowest BCUT2D eigenvalue weighted by Crippen LogP contribution is -2.28. The Labute approximate surface area is 99.0 Å². The first kappa shape index (κ1) is 10.3. The zero-order valence-electron chi connectivity index (χ0n) is 8.37. The molecule has 0 unspecified atom stereocenters. The molecule has 1 aromatic rings. The second kappa shape index (κ2) is 4.51. The number of rotatable bonds is 3. The summed E-state index contributed by atoms with van der Waals surface area (Å²) in [6.45, 7) is 3.20. The van der Waals surface area contributed by atoms with Gasteiger partial charge in [-0.15, -0.1) is 0 Å². The summed E-state index contributed by atoms with van der Waals surface area (Å²) in [5.41, 5.74) is 0. The lowest BCUT2D eigenvalue weighted by atomic mass is 9.75. The Kier molecular flexibility index (Phi) is 3.31. The van der Waals surface area contributed by atoms with Gasteiger partial charge in [-0.1, -0.05) is 6.92 Å². The fourth-order valence-corrected chi connectivity index (χ4v) is 2.08. The summed E-state index contributed by atoms with van der Waals surface area (Å²) in [6, 6.07) is 8.26. The summed E-state index contributed by atoms with van der Waals surface area (Å²) in [5.74, 6) is 2.65. The van der Waals surface area contributed by atoms with Gasteiger partial charge in [-0.05, 0) is 71.5 Å². The number of hydrogen-bond acceptors (Lipinski definition) is 1. The Morgan fingerprint density at radius 1 is 1.29 bits per heavy atom. The van der Waals surface area contributed by atoms with Gasteiger partial charge in [0.1, 0.15) is 5.75 Å². The van der Waals surface area contributed by atoms with Gasteiger partial charge in [0.05, 0.1) is 6.61 Å². The van der Waals surface area contributed by atoms with Crippen LogP contribution in [0.4, 0.5) is 0 Å². The van der Waals surface area contributed by atoms with Crippen molar-refractivity contribution in [3.8, 4) is 5.75 Å². The Hall–Kier alpha value is -0.250. The molecule has 0 aromatic heterocycles. The van der Waals surface area contributed by atoms with Crippen molar-refractivity contribution in [2.24, 2.45) is 11.8 Å². The molecule has 0 saturated heterocycles. The minimum absolute atomic E-state index is 0.786. The van der Waals surface area contributed by atoms with Crippen LogP contribution in [0.1, 0.15) is 19.8 Å². The van der Waals surface area contributed by atoms with Crippen LogP contribution in [0.2, 0.25) is 0 Å². The van der Waals surface area contributed by atoms with Gasteiger partial charge in [0.15, 0.2) is 0 Å². The van der Waals surface area contributed by atoms with Crippen molar-refractivity contribution < 1.29 is 4.74 Å². The fraction of sp³-hybridized carbons (Fsp3) is 0.500. The molecule has 1 aliphatic rings. The van der Waals surface area contributed by atoms with Crippen LogP contribution in [0.15, 0.2) is 24.3 Å². The van der Waals surface area contributed by atoms with Crippen molar-refractivity contribution in [3.63, 3.8) is 0 Å². The van der Waals surface area contributed by atoms with Crippen LogP contribution in [0.3, 0.4) is 0 Å². The molecule has 0 amide bonds. The Balaban J connectivity index is 1.83. The van der Waals surface area contributed by atoms with E-state index in [0.717, 1.165) is 24.2 Å². The second-order valence-corrected chi connectivity index (χ2v) is 5.33. The maximum absolute atomic E-state index is 5.73. The SMILES string of the molecule is C[C@@H]1CC[C@H]1COc1ccc(I)cc1. The third-order valence-corrected chi connectivity index (χ3v) is 3.79. The number of halogens is 1. The van der Waals surface area contributed by atoms with Crippen molar-refractivity contribution in [2.75, 3.05) is 6.61 Å². The van der Waals surface area contributed by atoms with Gasteiger partial charge in [-0.25, -0.2) is 0 Å². The molecule has 1 aliphatic carbocycles. The Morgan fingerprint density at radius 2 is 2.00 bits per heavy atom. The normalized spacial score (nSPS) is 25.6. The zero-order chi connectivity index (χ0) is 9.97. The highest BCUT2D eigenvalue weighted by Crippen LogP contribution is 2.33. The van der Waals surface area contributed by atoms with Crippen LogP contribution >= 0.6 is 22.6 Å². The summed E-state index contributed by atoms with van der Waals surface area (Å²) >= 11 is 2.30. The summed E-state index contributed by atoms with van der Waals surface area (Å²) < 4.78 is 6.99. The lowest BCUT2D eigenvalue weighted by Gasteiger charge is -2.33. The van der Waals surface area contributed by atoms with E-state index in [0.29, 0.717) is 0 Å². The Morgan fingerprint density at radius 3 is 2.50 bits per heavy atom. The molecular formula is C12H15IO. The monoisotopic (exact) mass is 302 g/mol. The minimum atomic E-state index is 0.786. The van der Waals surface area contributed by atoms with E-state index in [-0.39, 0.29) is 0 Å². The fourth-order valence-electron chi connectivity index (χ4n) is 1.72. The van der Waals surface area contributed by atoms with E-state index >= 15 is 0 Å². The van der Waals surface area contributed by atoms with E-state index in [1.54, 1.807) is 0 Å². The molecule has 0 aliphatic heterocycles. The third-order valence-electron chi connectivity index (χ3n) is 3.08. The molecule has 1 nitrogen and oxygen atoms in total. The van der Waals surface area contributed by atoms with E-state index in [4.69, 9.17) is 4.74 Å².